The van der Waals surface area contributed by atoms with E-state index in [-0.39, 0.29) is 5.84 Å². The first-order chi connectivity index (χ1) is 10.1. The van der Waals surface area contributed by atoms with Gasteiger partial charge in [-0.3, -0.25) is 5.41 Å². The van der Waals surface area contributed by atoms with Crippen LogP contribution in [-0.2, 0) is 6.42 Å². The van der Waals surface area contributed by atoms with Crippen molar-refractivity contribution in [1.29, 1.82) is 5.41 Å². The minimum absolute atomic E-state index is 0.117. The summed E-state index contributed by atoms with van der Waals surface area (Å²) in [4.78, 5) is 3.69. The predicted octanol–water partition coefficient (Wildman–Crippen LogP) is 3.12. The quantitative estimate of drug-likeness (QED) is 0.673. The van der Waals surface area contributed by atoms with E-state index in [0.717, 1.165) is 24.2 Å². The molecule has 0 aromatic heterocycles. The van der Waals surface area contributed by atoms with E-state index in [1.54, 1.807) is 0 Å². The lowest BCUT2D eigenvalue weighted by Gasteiger charge is -2.22. The Morgan fingerprint density at radius 2 is 1.95 bits per heavy atom. The molecule has 1 atom stereocenters. The lowest BCUT2D eigenvalue weighted by molar-refractivity contribution is 0.814. The first-order valence-electron chi connectivity index (χ1n) is 7.03. The molecule has 108 valence electrons. The fourth-order valence-corrected chi connectivity index (χ4v) is 4.04. The van der Waals surface area contributed by atoms with Gasteiger partial charge in [0.25, 0.3) is 0 Å². The third kappa shape index (κ3) is 3.05. The number of rotatable bonds is 4. The zero-order valence-corrected chi connectivity index (χ0v) is 12.9. The highest BCUT2D eigenvalue weighted by molar-refractivity contribution is 8.00. The first-order valence-corrected chi connectivity index (χ1v) is 7.91. The van der Waals surface area contributed by atoms with Crippen molar-refractivity contribution < 1.29 is 0 Å². The molecule has 3 nitrogen and oxygen atoms in total. The zero-order chi connectivity index (χ0) is 14.8. The number of nitrogen functional groups attached to an aromatic ring is 1. The summed E-state index contributed by atoms with van der Waals surface area (Å²) in [5.41, 5.74) is 8.89. The first kappa shape index (κ1) is 14.0. The van der Waals surface area contributed by atoms with Crippen molar-refractivity contribution >= 4 is 23.3 Å². The maximum absolute atomic E-state index is 7.43. The molecule has 21 heavy (non-hydrogen) atoms. The Morgan fingerprint density at radius 3 is 2.62 bits per heavy atom. The molecule has 4 heteroatoms. The van der Waals surface area contributed by atoms with Crippen LogP contribution in [0.15, 0.2) is 53.4 Å². The molecule has 0 bridgehead atoms. The zero-order valence-electron chi connectivity index (χ0n) is 12.0. The van der Waals surface area contributed by atoms with Crippen LogP contribution in [0.3, 0.4) is 0 Å². The smallest absolute Gasteiger partial charge is 0.122 e. The van der Waals surface area contributed by atoms with Crippen LogP contribution in [0.5, 0.6) is 0 Å². The van der Waals surface area contributed by atoms with Gasteiger partial charge in [-0.05, 0) is 42.3 Å². The number of nitrogens with zero attached hydrogens (tertiary/aromatic N) is 1. The molecule has 0 spiro atoms. The largest absolute Gasteiger partial charge is 0.384 e. The molecule has 0 fully saturated rings. The average molecular weight is 297 g/mol. The summed E-state index contributed by atoms with van der Waals surface area (Å²) < 4.78 is 0. The maximum atomic E-state index is 7.43. The number of thioether (sulfide) groups is 1. The third-order valence-electron chi connectivity index (χ3n) is 3.81. The summed E-state index contributed by atoms with van der Waals surface area (Å²) >= 11 is 1.97. The van der Waals surface area contributed by atoms with E-state index in [9.17, 15) is 0 Å². The second-order valence-corrected chi connectivity index (χ2v) is 6.73. The number of anilines is 1. The Kier molecular flexibility index (Phi) is 3.88. The van der Waals surface area contributed by atoms with E-state index < -0.39 is 0 Å². The normalized spacial score (nSPS) is 16.5. The van der Waals surface area contributed by atoms with E-state index in [2.05, 4.69) is 36.2 Å². The van der Waals surface area contributed by atoms with Crippen molar-refractivity contribution in [1.82, 2.24) is 0 Å². The molecule has 2 aromatic rings. The van der Waals surface area contributed by atoms with Gasteiger partial charge >= 0.3 is 0 Å². The van der Waals surface area contributed by atoms with Crippen LogP contribution in [0.2, 0.25) is 0 Å². The van der Waals surface area contributed by atoms with E-state index in [1.165, 1.54) is 10.5 Å². The van der Waals surface area contributed by atoms with Gasteiger partial charge in [0.05, 0.1) is 0 Å². The summed E-state index contributed by atoms with van der Waals surface area (Å²) in [5, 5.41) is 8.03. The van der Waals surface area contributed by atoms with Crippen molar-refractivity contribution in [2.45, 2.75) is 16.6 Å². The summed E-state index contributed by atoms with van der Waals surface area (Å²) in [6.07, 6.45) is 1.14. The van der Waals surface area contributed by atoms with Gasteiger partial charge in [0.1, 0.15) is 5.84 Å². The van der Waals surface area contributed by atoms with Crippen LogP contribution in [0.25, 0.3) is 0 Å². The standard InChI is InChI=1S/C17H19N3S/c1-20(14-8-6-12(7-9-14)17(18)19)11-15-10-13-4-2-3-5-16(13)21-15/h2-9,15H,10-11H2,1H3,(H3,18,19). The molecule has 0 saturated heterocycles. The number of amidine groups is 1. The number of nitrogens with one attached hydrogen (secondary N) is 1. The second kappa shape index (κ2) is 5.82. The molecule has 0 aliphatic carbocycles. The fourth-order valence-electron chi connectivity index (χ4n) is 2.66. The molecular formula is C17H19N3S. The summed E-state index contributed by atoms with van der Waals surface area (Å²) in [5.74, 6) is 0.117. The van der Waals surface area contributed by atoms with E-state index >= 15 is 0 Å². The number of hydrogen-bond donors (Lipinski definition) is 2. The van der Waals surface area contributed by atoms with Crippen LogP contribution < -0.4 is 10.6 Å². The Morgan fingerprint density at radius 1 is 1.24 bits per heavy atom. The van der Waals surface area contributed by atoms with Crippen LogP contribution in [0.1, 0.15) is 11.1 Å². The van der Waals surface area contributed by atoms with E-state index in [0.29, 0.717) is 5.25 Å². The Labute approximate surface area is 129 Å². The van der Waals surface area contributed by atoms with Gasteiger partial charge < -0.3 is 10.6 Å². The van der Waals surface area contributed by atoms with E-state index in [4.69, 9.17) is 11.1 Å². The third-order valence-corrected chi connectivity index (χ3v) is 5.11. The van der Waals surface area contributed by atoms with Gasteiger partial charge in [-0.25, -0.2) is 0 Å². The molecular weight excluding hydrogens is 278 g/mol. The highest BCUT2D eigenvalue weighted by atomic mass is 32.2. The van der Waals surface area contributed by atoms with Crippen molar-refractivity contribution in [2.75, 3.05) is 18.5 Å². The van der Waals surface area contributed by atoms with Gasteiger partial charge in [0.15, 0.2) is 0 Å². The van der Waals surface area contributed by atoms with Crippen molar-refractivity contribution in [2.24, 2.45) is 5.73 Å². The Balaban J connectivity index is 1.65. The number of hydrogen-bond acceptors (Lipinski definition) is 3. The van der Waals surface area contributed by atoms with Gasteiger partial charge in [0, 0.05) is 35.0 Å². The molecule has 3 N–H and O–H groups in total. The molecule has 3 rings (SSSR count). The highest BCUT2D eigenvalue weighted by Gasteiger charge is 2.22. The SMILES string of the molecule is CN(CC1Cc2ccccc2S1)c1ccc(C(=N)N)cc1. The monoisotopic (exact) mass is 297 g/mol. The van der Waals surface area contributed by atoms with Crippen LogP contribution in [0, 0.1) is 5.41 Å². The van der Waals surface area contributed by atoms with Crippen LogP contribution in [0.4, 0.5) is 5.69 Å². The highest BCUT2D eigenvalue weighted by Crippen LogP contribution is 2.37. The number of fused-ring (bicyclic) bond motifs is 1. The minimum Gasteiger partial charge on any atom is -0.384 e. The fraction of sp³-hybridized carbons (Fsp3) is 0.235. The topological polar surface area (TPSA) is 53.1 Å². The summed E-state index contributed by atoms with van der Waals surface area (Å²) in [7, 11) is 2.12. The maximum Gasteiger partial charge on any atom is 0.122 e. The summed E-state index contributed by atoms with van der Waals surface area (Å²) in [6.45, 7) is 1.01. The lowest BCUT2D eigenvalue weighted by Crippen LogP contribution is -2.27. The lowest BCUT2D eigenvalue weighted by atomic mass is 10.1. The average Bonchev–Trinajstić information content (AvgIpc) is 2.89. The summed E-state index contributed by atoms with van der Waals surface area (Å²) in [6, 6.07) is 16.5. The van der Waals surface area contributed by atoms with Gasteiger partial charge in [-0.1, -0.05) is 18.2 Å². The molecule has 0 saturated carbocycles. The Bertz CT molecular complexity index is 626. The van der Waals surface area contributed by atoms with Gasteiger partial charge in [0.2, 0.25) is 0 Å². The molecule has 1 aliphatic rings. The number of benzene rings is 2. The second-order valence-electron chi connectivity index (χ2n) is 5.39. The van der Waals surface area contributed by atoms with Crippen LogP contribution in [-0.4, -0.2) is 24.7 Å². The molecule has 2 aromatic carbocycles. The van der Waals surface area contributed by atoms with Crippen molar-refractivity contribution in [3.8, 4) is 0 Å². The molecule has 0 radical (unpaired) electrons. The molecule has 1 unspecified atom stereocenters. The van der Waals surface area contributed by atoms with Gasteiger partial charge in [-0.2, -0.15) is 0 Å². The van der Waals surface area contributed by atoms with Crippen LogP contribution >= 0.6 is 11.8 Å². The predicted molar refractivity (Wildman–Crippen MR) is 90.5 cm³/mol. The molecule has 0 amide bonds. The van der Waals surface area contributed by atoms with Gasteiger partial charge in [-0.15, -0.1) is 11.8 Å². The molecule has 1 aliphatic heterocycles. The van der Waals surface area contributed by atoms with Crippen molar-refractivity contribution in [3.63, 3.8) is 0 Å². The van der Waals surface area contributed by atoms with E-state index in [1.807, 2.05) is 36.0 Å². The number of nitrogens with two attached hydrogens (primary N) is 1. The van der Waals surface area contributed by atoms with Crippen molar-refractivity contribution in [3.05, 3.63) is 59.7 Å². The minimum atomic E-state index is 0.117. The molecule has 1 heterocycles. The Hall–Kier alpha value is -1.94.